The summed E-state index contributed by atoms with van der Waals surface area (Å²) in [7, 11) is 0. The molecule has 8 heteroatoms. The summed E-state index contributed by atoms with van der Waals surface area (Å²) in [6, 6.07) is -3.51. The molecule has 0 radical (unpaired) electrons. The largest absolute Gasteiger partial charge is 0.352 e. The molecule has 0 saturated heterocycles. The van der Waals surface area contributed by atoms with Crippen molar-refractivity contribution < 1.29 is 27.2 Å². The van der Waals surface area contributed by atoms with Crippen LogP contribution in [0.4, 0.5) is 22.0 Å². The van der Waals surface area contributed by atoms with Crippen LogP contribution in [0.2, 0.25) is 0 Å². The predicted octanol–water partition coefficient (Wildman–Crippen LogP) is 2.55. The Hall–Kier alpha value is -0.920. The topological polar surface area (TPSA) is 32.3 Å². The van der Waals surface area contributed by atoms with Crippen LogP contribution in [0, 0.1) is 17.5 Å². The monoisotopic (exact) mass is 249 g/mol. The minimum atomic E-state index is -4.17. The minimum absolute atomic E-state index is 0. The Bertz CT molecular complexity index is 359. The van der Waals surface area contributed by atoms with Crippen LogP contribution in [0.25, 0.3) is 0 Å². The number of hydrogen-bond donors (Lipinski definition) is 2. The van der Waals surface area contributed by atoms with Crippen molar-refractivity contribution >= 4 is 12.4 Å². The number of hydroxylamine groups is 1. The highest BCUT2D eigenvalue weighted by Gasteiger charge is 2.35. The van der Waals surface area contributed by atoms with Gasteiger partial charge in [0.15, 0.2) is 17.5 Å². The van der Waals surface area contributed by atoms with Gasteiger partial charge >= 0.3 is 6.05 Å². The van der Waals surface area contributed by atoms with E-state index in [-0.39, 0.29) is 12.4 Å². The van der Waals surface area contributed by atoms with Crippen LogP contribution in [0.1, 0.15) is 5.56 Å². The Morgan fingerprint density at radius 1 is 1.07 bits per heavy atom. The number of rotatable bonds is 2. The van der Waals surface area contributed by atoms with E-state index in [1.807, 2.05) is 0 Å². The normalized spacial score (nSPS) is 11.1. The maximum Gasteiger partial charge on any atom is 0.352 e. The molecule has 0 bridgehead atoms. The Labute approximate surface area is 87.1 Å². The summed E-state index contributed by atoms with van der Waals surface area (Å²) >= 11 is 0. The molecule has 0 fully saturated rings. The SMILES string of the molecule is Cl.ONC(F)(F)c1ccc(F)c(F)c1F. The summed E-state index contributed by atoms with van der Waals surface area (Å²) in [5.41, 5.74) is -0.991. The van der Waals surface area contributed by atoms with Crippen LogP contribution < -0.4 is 5.48 Å². The molecule has 2 N–H and O–H groups in total. The van der Waals surface area contributed by atoms with Crippen molar-refractivity contribution in [3.05, 3.63) is 35.1 Å². The molecule has 86 valence electrons. The number of hydrogen-bond acceptors (Lipinski definition) is 2. The van der Waals surface area contributed by atoms with Crippen molar-refractivity contribution in [2.75, 3.05) is 0 Å². The van der Waals surface area contributed by atoms with Crippen molar-refractivity contribution in [2.45, 2.75) is 6.05 Å². The molecular weight excluding hydrogens is 245 g/mol. The first-order chi connectivity index (χ1) is 6.40. The van der Waals surface area contributed by atoms with Crippen molar-refractivity contribution in [2.24, 2.45) is 0 Å². The first-order valence-electron chi connectivity index (χ1n) is 3.33. The molecule has 0 atom stereocenters. The van der Waals surface area contributed by atoms with Gasteiger partial charge in [-0.2, -0.15) is 8.78 Å². The van der Waals surface area contributed by atoms with Gasteiger partial charge in [0.2, 0.25) is 0 Å². The average molecular weight is 250 g/mol. The Kier molecular flexibility index (Phi) is 4.44. The van der Waals surface area contributed by atoms with E-state index in [1.54, 1.807) is 0 Å². The van der Waals surface area contributed by atoms with E-state index in [0.717, 1.165) is 0 Å². The fraction of sp³-hybridized carbons (Fsp3) is 0.143. The zero-order valence-corrected chi connectivity index (χ0v) is 7.72. The van der Waals surface area contributed by atoms with Crippen molar-refractivity contribution in [1.29, 1.82) is 0 Å². The van der Waals surface area contributed by atoms with E-state index < -0.39 is 29.1 Å². The lowest BCUT2D eigenvalue weighted by Gasteiger charge is -2.14. The molecule has 0 spiro atoms. The number of halogens is 6. The zero-order chi connectivity index (χ0) is 10.9. The highest BCUT2D eigenvalue weighted by molar-refractivity contribution is 5.85. The highest BCUT2D eigenvalue weighted by Crippen LogP contribution is 2.28. The zero-order valence-electron chi connectivity index (χ0n) is 6.90. The van der Waals surface area contributed by atoms with E-state index in [2.05, 4.69) is 0 Å². The standard InChI is InChI=1S/C7H4F5NO.ClH/c8-4-2-1-3(5(9)6(4)10)7(11,12)13-14;/h1-2,13-14H;1H. The van der Waals surface area contributed by atoms with Gasteiger partial charge in [-0.15, -0.1) is 17.9 Å². The molecule has 0 aliphatic carbocycles. The molecule has 2 nitrogen and oxygen atoms in total. The van der Waals surface area contributed by atoms with Crippen molar-refractivity contribution in [1.82, 2.24) is 5.48 Å². The lowest BCUT2D eigenvalue weighted by molar-refractivity contribution is -0.136. The number of benzene rings is 1. The highest BCUT2D eigenvalue weighted by atomic mass is 35.5. The van der Waals surface area contributed by atoms with Crippen molar-refractivity contribution in [3.8, 4) is 0 Å². The van der Waals surface area contributed by atoms with Gasteiger partial charge in [0.05, 0.1) is 5.56 Å². The van der Waals surface area contributed by atoms with Crippen LogP contribution in [0.15, 0.2) is 12.1 Å². The Balaban J connectivity index is 0.00000196. The van der Waals surface area contributed by atoms with E-state index in [1.165, 1.54) is 0 Å². The predicted molar refractivity (Wildman–Crippen MR) is 42.4 cm³/mol. The molecular formula is C7H5ClF5NO. The van der Waals surface area contributed by atoms with E-state index in [0.29, 0.717) is 17.6 Å². The van der Waals surface area contributed by atoms with Gasteiger partial charge in [0.25, 0.3) is 0 Å². The Morgan fingerprint density at radius 3 is 2.07 bits per heavy atom. The second-order valence-corrected chi connectivity index (χ2v) is 2.41. The molecule has 1 aromatic rings. The van der Waals surface area contributed by atoms with Gasteiger partial charge < -0.3 is 5.21 Å². The first kappa shape index (κ1) is 14.1. The van der Waals surface area contributed by atoms with Crippen LogP contribution in [0.5, 0.6) is 0 Å². The quantitative estimate of drug-likeness (QED) is 0.365. The van der Waals surface area contributed by atoms with Gasteiger partial charge in [-0.1, -0.05) is 0 Å². The second kappa shape index (κ2) is 4.73. The minimum Gasteiger partial charge on any atom is -0.311 e. The third kappa shape index (κ3) is 2.55. The summed E-state index contributed by atoms with van der Waals surface area (Å²) in [5.74, 6) is -5.64. The van der Waals surface area contributed by atoms with Gasteiger partial charge in [-0.05, 0) is 12.1 Å². The number of nitrogens with one attached hydrogen (secondary N) is 1. The maximum absolute atomic E-state index is 12.7. The van der Waals surface area contributed by atoms with Crippen molar-refractivity contribution in [3.63, 3.8) is 0 Å². The third-order valence-electron chi connectivity index (χ3n) is 1.51. The average Bonchev–Trinajstić information content (AvgIpc) is 2.14. The molecule has 1 aromatic carbocycles. The van der Waals surface area contributed by atoms with E-state index in [9.17, 15) is 22.0 Å². The lowest BCUT2D eigenvalue weighted by atomic mass is 10.1. The van der Waals surface area contributed by atoms with Gasteiger partial charge in [0.1, 0.15) is 0 Å². The fourth-order valence-electron chi connectivity index (χ4n) is 0.829. The van der Waals surface area contributed by atoms with Gasteiger partial charge in [-0.25, -0.2) is 13.2 Å². The molecule has 1 rings (SSSR count). The van der Waals surface area contributed by atoms with Gasteiger partial charge in [0, 0.05) is 0 Å². The summed E-state index contributed by atoms with van der Waals surface area (Å²) in [4.78, 5) is 0. The van der Waals surface area contributed by atoms with Crippen LogP contribution >= 0.6 is 12.4 Å². The van der Waals surface area contributed by atoms with Crippen LogP contribution in [-0.2, 0) is 6.05 Å². The maximum atomic E-state index is 12.7. The lowest BCUT2D eigenvalue weighted by Crippen LogP contribution is -2.32. The molecule has 0 amide bonds. The molecule has 0 aromatic heterocycles. The molecule has 15 heavy (non-hydrogen) atoms. The summed E-state index contributed by atoms with van der Waals surface area (Å²) < 4.78 is 62.6. The summed E-state index contributed by atoms with van der Waals surface area (Å²) in [6.07, 6.45) is 0. The van der Waals surface area contributed by atoms with E-state index in [4.69, 9.17) is 5.21 Å². The van der Waals surface area contributed by atoms with E-state index >= 15 is 0 Å². The van der Waals surface area contributed by atoms with Crippen LogP contribution in [-0.4, -0.2) is 5.21 Å². The molecule has 0 unspecified atom stereocenters. The summed E-state index contributed by atoms with van der Waals surface area (Å²) in [5, 5.41) is 7.95. The number of alkyl halides is 2. The van der Waals surface area contributed by atoms with Gasteiger partial charge in [-0.3, -0.25) is 0 Å². The molecule has 0 heterocycles. The van der Waals surface area contributed by atoms with Crippen LogP contribution in [0.3, 0.4) is 0 Å². The second-order valence-electron chi connectivity index (χ2n) is 2.41. The fourth-order valence-corrected chi connectivity index (χ4v) is 0.829. The smallest absolute Gasteiger partial charge is 0.311 e. The molecule has 0 saturated carbocycles. The Morgan fingerprint density at radius 2 is 1.60 bits per heavy atom. The molecule has 0 aliphatic rings. The summed E-state index contributed by atoms with van der Waals surface area (Å²) in [6.45, 7) is 0. The first-order valence-corrected chi connectivity index (χ1v) is 3.33. The molecule has 0 aliphatic heterocycles. The third-order valence-corrected chi connectivity index (χ3v) is 1.51.